The lowest BCUT2D eigenvalue weighted by Gasteiger charge is -2.32. The molecule has 1 aromatic rings. The topological polar surface area (TPSA) is 78.5 Å². The summed E-state index contributed by atoms with van der Waals surface area (Å²) < 4.78 is 36.5. The summed E-state index contributed by atoms with van der Waals surface area (Å²) in [7, 11) is -3.31. The molecular formula is C18H26FN3O3S. The molecule has 26 heavy (non-hydrogen) atoms. The zero-order valence-electron chi connectivity index (χ0n) is 15.0. The smallest absolute Gasteiger partial charge is 0.319 e. The van der Waals surface area contributed by atoms with Crippen LogP contribution in [0, 0.1) is 11.7 Å². The minimum atomic E-state index is -3.31. The van der Waals surface area contributed by atoms with Crippen molar-refractivity contribution in [2.24, 2.45) is 5.92 Å². The van der Waals surface area contributed by atoms with Crippen molar-refractivity contribution < 1.29 is 17.6 Å². The molecule has 1 saturated carbocycles. The van der Waals surface area contributed by atoms with Crippen LogP contribution in [-0.4, -0.2) is 51.3 Å². The number of carbonyl (C=O) groups is 1. The van der Waals surface area contributed by atoms with E-state index in [-0.39, 0.29) is 23.4 Å². The maximum Gasteiger partial charge on any atom is 0.319 e. The van der Waals surface area contributed by atoms with Crippen molar-refractivity contribution in [3.8, 4) is 0 Å². The van der Waals surface area contributed by atoms with Crippen LogP contribution in [0.3, 0.4) is 0 Å². The fourth-order valence-electron chi connectivity index (χ4n) is 3.30. The maximum atomic E-state index is 14.0. The van der Waals surface area contributed by atoms with Crippen molar-refractivity contribution in [2.75, 3.05) is 31.2 Å². The average Bonchev–Trinajstić information content (AvgIpc) is 3.35. The van der Waals surface area contributed by atoms with Crippen molar-refractivity contribution in [1.29, 1.82) is 0 Å². The van der Waals surface area contributed by atoms with E-state index >= 15 is 0 Å². The van der Waals surface area contributed by atoms with Crippen molar-refractivity contribution in [1.82, 2.24) is 10.2 Å². The van der Waals surface area contributed by atoms with Crippen LogP contribution in [0.25, 0.3) is 0 Å². The minimum Gasteiger partial charge on any atom is -0.335 e. The van der Waals surface area contributed by atoms with E-state index in [0.717, 1.165) is 44.2 Å². The Balaban J connectivity index is 1.46. The van der Waals surface area contributed by atoms with Crippen LogP contribution < -0.4 is 10.6 Å². The van der Waals surface area contributed by atoms with Crippen LogP contribution >= 0.6 is 0 Å². The van der Waals surface area contributed by atoms with Gasteiger partial charge in [0, 0.05) is 43.2 Å². The standard InChI is InChI=1S/C18H26FN3O3S/c1-26(24,25)12-14-4-5-16(10-17(14)19)21-18(23)20-15-6-8-22(9-7-15)11-13-2-3-13/h4-5,10,13,15H,2-3,6-9,11-12H2,1H3,(H2,20,21,23). The third kappa shape index (κ3) is 5.95. The molecule has 1 saturated heterocycles. The predicted octanol–water partition coefficient (Wildman–Crippen LogP) is 2.37. The number of nitrogens with zero attached hydrogens (tertiary/aromatic N) is 1. The number of urea groups is 1. The van der Waals surface area contributed by atoms with Gasteiger partial charge in [0.05, 0.1) is 5.75 Å². The zero-order valence-corrected chi connectivity index (χ0v) is 15.8. The van der Waals surface area contributed by atoms with E-state index in [9.17, 15) is 17.6 Å². The van der Waals surface area contributed by atoms with Gasteiger partial charge in [0.1, 0.15) is 5.82 Å². The van der Waals surface area contributed by atoms with Gasteiger partial charge < -0.3 is 15.5 Å². The predicted molar refractivity (Wildman–Crippen MR) is 99.3 cm³/mol. The van der Waals surface area contributed by atoms with Crippen LogP contribution in [0.2, 0.25) is 0 Å². The summed E-state index contributed by atoms with van der Waals surface area (Å²) in [5.74, 6) is -0.116. The van der Waals surface area contributed by atoms with Gasteiger partial charge in [-0.3, -0.25) is 0 Å². The van der Waals surface area contributed by atoms with Gasteiger partial charge in [-0.2, -0.15) is 0 Å². The molecule has 0 atom stereocenters. The highest BCUT2D eigenvalue weighted by atomic mass is 32.2. The number of amides is 2. The third-order valence-corrected chi connectivity index (χ3v) is 5.70. The van der Waals surface area contributed by atoms with Crippen molar-refractivity contribution in [3.05, 3.63) is 29.6 Å². The Bertz CT molecular complexity index is 757. The number of sulfone groups is 1. The van der Waals surface area contributed by atoms with Gasteiger partial charge in [0.2, 0.25) is 0 Å². The molecule has 6 nitrogen and oxygen atoms in total. The Labute approximate surface area is 154 Å². The molecule has 1 aromatic carbocycles. The van der Waals surface area contributed by atoms with Crippen LogP contribution in [0.5, 0.6) is 0 Å². The van der Waals surface area contributed by atoms with Gasteiger partial charge in [-0.1, -0.05) is 6.07 Å². The first-order valence-corrected chi connectivity index (χ1v) is 11.1. The summed E-state index contributed by atoms with van der Waals surface area (Å²) in [5.41, 5.74) is 0.407. The second kappa shape index (κ2) is 7.92. The Kier molecular flexibility index (Phi) is 5.82. The van der Waals surface area contributed by atoms with Gasteiger partial charge in [-0.15, -0.1) is 0 Å². The quantitative estimate of drug-likeness (QED) is 0.791. The molecule has 1 heterocycles. The molecule has 0 spiro atoms. The molecule has 0 radical (unpaired) electrons. The van der Waals surface area contributed by atoms with Gasteiger partial charge in [0.25, 0.3) is 0 Å². The monoisotopic (exact) mass is 383 g/mol. The molecule has 0 bridgehead atoms. The summed E-state index contributed by atoms with van der Waals surface area (Å²) in [6.07, 6.45) is 5.59. The number of halogens is 1. The summed E-state index contributed by atoms with van der Waals surface area (Å²) in [5, 5.41) is 5.55. The van der Waals surface area contributed by atoms with Crippen LogP contribution in [0.15, 0.2) is 18.2 Å². The second-order valence-corrected chi connectivity index (χ2v) is 9.63. The molecule has 0 aromatic heterocycles. The van der Waals surface area contributed by atoms with Crippen LogP contribution in [0.1, 0.15) is 31.2 Å². The molecule has 1 aliphatic carbocycles. The van der Waals surface area contributed by atoms with Crippen LogP contribution in [-0.2, 0) is 15.6 Å². The molecule has 2 N–H and O–H groups in total. The minimum absolute atomic E-state index is 0.0986. The highest BCUT2D eigenvalue weighted by Gasteiger charge is 2.27. The van der Waals surface area contributed by atoms with E-state index < -0.39 is 15.7 Å². The Hall–Kier alpha value is -1.67. The molecule has 3 rings (SSSR count). The first kappa shape index (κ1) is 19.1. The third-order valence-electron chi connectivity index (χ3n) is 4.86. The summed E-state index contributed by atoms with van der Waals surface area (Å²) in [6.45, 7) is 3.17. The fraction of sp³-hybridized carbons (Fsp3) is 0.611. The number of likely N-dealkylation sites (tertiary alicyclic amines) is 1. The summed E-state index contributed by atoms with van der Waals surface area (Å²) in [4.78, 5) is 14.6. The number of nitrogens with one attached hydrogen (secondary N) is 2. The highest BCUT2D eigenvalue weighted by Crippen LogP contribution is 2.30. The number of rotatable bonds is 6. The first-order valence-electron chi connectivity index (χ1n) is 9.04. The largest absolute Gasteiger partial charge is 0.335 e. The van der Waals surface area contributed by atoms with E-state index in [1.54, 1.807) is 0 Å². The fourth-order valence-corrected chi connectivity index (χ4v) is 4.10. The number of hydrogen-bond donors (Lipinski definition) is 2. The molecule has 2 aliphatic rings. The van der Waals surface area contributed by atoms with E-state index in [1.807, 2.05) is 0 Å². The molecule has 144 valence electrons. The number of carbonyl (C=O) groups excluding carboxylic acids is 1. The number of piperidine rings is 1. The second-order valence-electron chi connectivity index (χ2n) is 7.49. The number of anilines is 1. The van der Waals surface area contributed by atoms with Gasteiger partial charge in [-0.05, 0) is 43.7 Å². The summed E-state index contributed by atoms with van der Waals surface area (Å²) >= 11 is 0. The first-order chi connectivity index (χ1) is 12.3. The van der Waals surface area contributed by atoms with Gasteiger partial charge >= 0.3 is 6.03 Å². The Morgan fingerprint density at radius 3 is 2.50 bits per heavy atom. The molecule has 8 heteroatoms. The lowest BCUT2D eigenvalue weighted by atomic mass is 10.0. The molecular weight excluding hydrogens is 357 g/mol. The highest BCUT2D eigenvalue weighted by molar-refractivity contribution is 7.89. The van der Waals surface area contributed by atoms with Crippen molar-refractivity contribution >= 4 is 21.6 Å². The maximum absolute atomic E-state index is 14.0. The van der Waals surface area contributed by atoms with Crippen LogP contribution in [0.4, 0.5) is 14.9 Å². The zero-order chi connectivity index (χ0) is 18.7. The average molecular weight is 383 g/mol. The Morgan fingerprint density at radius 2 is 1.92 bits per heavy atom. The molecule has 2 fully saturated rings. The van der Waals surface area contributed by atoms with Gasteiger partial charge in [-0.25, -0.2) is 17.6 Å². The van der Waals surface area contributed by atoms with Gasteiger partial charge in [0.15, 0.2) is 9.84 Å². The van der Waals surface area contributed by atoms with Crippen molar-refractivity contribution in [3.63, 3.8) is 0 Å². The number of hydrogen-bond acceptors (Lipinski definition) is 4. The number of benzene rings is 1. The van der Waals surface area contributed by atoms with Crippen molar-refractivity contribution in [2.45, 2.75) is 37.5 Å². The molecule has 2 amide bonds. The molecule has 0 unspecified atom stereocenters. The normalized spacial score (nSPS) is 19.3. The van der Waals surface area contributed by atoms with E-state index in [2.05, 4.69) is 15.5 Å². The Morgan fingerprint density at radius 1 is 1.23 bits per heavy atom. The van der Waals surface area contributed by atoms with E-state index in [1.165, 1.54) is 31.5 Å². The lowest BCUT2D eigenvalue weighted by Crippen LogP contribution is -2.46. The van der Waals surface area contributed by atoms with E-state index in [4.69, 9.17) is 0 Å². The molecule has 1 aliphatic heterocycles. The SMILES string of the molecule is CS(=O)(=O)Cc1ccc(NC(=O)NC2CCN(CC3CC3)CC2)cc1F. The summed E-state index contributed by atoms with van der Waals surface area (Å²) in [6, 6.07) is 3.82. The lowest BCUT2D eigenvalue weighted by molar-refractivity contribution is 0.190. The van der Waals surface area contributed by atoms with E-state index in [0.29, 0.717) is 5.69 Å².